The van der Waals surface area contributed by atoms with E-state index in [0.29, 0.717) is 28.7 Å². The second kappa shape index (κ2) is 6.15. The molecular formula is C17H15FO2. The molecule has 0 radical (unpaired) electrons. The van der Waals surface area contributed by atoms with Gasteiger partial charge in [-0.1, -0.05) is 24.3 Å². The minimum absolute atomic E-state index is 0.290. The van der Waals surface area contributed by atoms with Gasteiger partial charge in [-0.3, -0.25) is 4.79 Å². The van der Waals surface area contributed by atoms with Gasteiger partial charge in [0.25, 0.3) is 0 Å². The highest BCUT2D eigenvalue weighted by Gasteiger charge is 2.11. The van der Waals surface area contributed by atoms with E-state index in [1.807, 2.05) is 24.3 Å². The summed E-state index contributed by atoms with van der Waals surface area (Å²) in [4.78, 5) is 10.9. The smallest absolute Gasteiger partial charge is 0.143 e. The molecule has 0 saturated heterocycles. The normalized spacial score (nSPS) is 11.2. The third-order valence-electron chi connectivity index (χ3n) is 3.17. The average molecular weight is 270 g/mol. The zero-order valence-electron chi connectivity index (χ0n) is 11.4. The van der Waals surface area contributed by atoms with Crippen molar-refractivity contribution in [1.82, 2.24) is 0 Å². The van der Waals surface area contributed by atoms with Crippen molar-refractivity contribution in [3.63, 3.8) is 0 Å². The molecule has 2 rings (SSSR count). The highest BCUT2D eigenvalue weighted by molar-refractivity contribution is 5.90. The van der Waals surface area contributed by atoms with E-state index >= 15 is 0 Å². The summed E-state index contributed by atoms with van der Waals surface area (Å²) < 4.78 is 18.9. The lowest BCUT2D eigenvalue weighted by Gasteiger charge is -2.12. The molecule has 2 nitrogen and oxygen atoms in total. The number of hydrogen-bond donors (Lipinski definition) is 0. The third kappa shape index (κ3) is 2.77. The van der Waals surface area contributed by atoms with E-state index < -0.39 is 0 Å². The lowest BCUT2D eigenvalue weighted by molar-refractivity contribution is -0.104. The Kier molecular flexibility index (Phi) is 4.31. The zero-order chi connectivity index (χ0) is 14.5. The van der Waals surface area contributed by atoms with Gasteiger partial charge >= 0.3 is 0 Å². The second-order valence-corrected chi connectivity index (χ2v) is 4.36. The molecule has 0 unspecified atom stereocenters. The molecule has 0 aliphatic carbocycles. The van der Waals surface area contributed by atoms with Gasteiger partial charge in [0.1, 0.15) is 17.9 Å². The van der Waals surface area contributed by atoms with Crippen molar-refractivity contribution in [3.8, 4) is 5.75 Å². The maximum absolute atomic E-state index is 13.7. The van der Waals surface area contributed by atoms with Gasteiger partial charge in [-0.2, -0.15) is 0 Å². The Morgan fingerprint density at radius 1 is 1.20 bits per heavy atom. The fourth-order valence-electron chi connectivity index (χ4n) is 2.10. The van der Waals surface area contributed by atoms with Crippen LogP contribution < -0.4 is 4.74 Å². The van der Waals surface area contributed by atoms with Gasteiger partial charge < -0.3 is 4.74 Å². The van der Waals surface area contributed by atoms with Crippen molar-refractivity contribution in [1.29, 1.82) is 0 Å². The fraction of sp³-hybridized carbons (Fsp3) is 0.118. The molecule has 0 aliphatic heterocycles. The summed E-state index contributed by atoms with van der Waals surface area (Å²) in [6, 6.07) is 12.2. The van der Waals surface area contributed by atoms with Crippen LogP contribution in [0.3, 0.4) is 0 Å². The Morgan fingerprint density at radius 2 is 1.95 bits per heavy atom. The van der Waals surface area contributed by atoms with Crippen LogP contribution in [0.1, 0.15) is 16.7 Å². The molecule has 0 amide bonds. The maximum atomic E-state index is 13.7. The van der Waals surface area contributed by atoms with E-state index in [0.717, 1.165) is 5.56 Å². The lowest BCUT2D eigenvalue weighted by Crippen LogP contribution is -1.95. The van der Waals surface area contributed by atoms with Gasteiger partial charge in [0.2, 0.25) is 0 Å². The van der Waals surface area contributed by atoms with E-state index in [1.54, 1.807) is 26.2 Å². The minimum Gasteiger partial charge on any atom is -0.497 e. The summed E-state index contributed by atoms with van der Waals surface area (Å²) in [5.41, 5.74) is 2.70. The molecular weight excluding hydrogens is 255 g/mol. The zero-order valence-corrected chi connectivity index (χ0v) is 11.4. The quantitative estimate of drug-likeness (QED) is 0.624. The van der Waals surface area contributed by atoms with Crippen molar-refractivity contribution in [2.75, 3.05) is 7.11 Å². The number of benzene rings is 2. The van der Waals surface area contributed by atoms with Crippen LogP contribution in [0.15, 0.2) is 48.5 Å². The minimum atomic E-state index is -0.290. The Bertz CT molecular complexity index is 660. The van der Waals surface area contributed by atoms with E-state index in [-0.39, 0.29) is 5.82 Å². The van der Waals surface area contributed by atoms with Gasteiger partial charge in [-0.25, -0.2) is 4.39 Å². The average Bonchev–Trinajstić information content (AvgIpc) is 2.48. The predicted octanol–water partition coefficient (Wildman–Crippen LogP) is 3.77. The number of carbonyl (C=O) groups excluding carboxylic acids is 1. The monoisotopic (exact) mass is 270 g/mol. The molecule has 0 spiro atoms. The molecule has 0 fully saturated rings. The molecule has 0 bridgehead atoms. The first kappa shape index (κ1) is 14.0. The van der Waals surface area contributed by atoms with E-state index in [2.05, 4.69) is 0 Å². The highest BCUT2D eigenvalue weighted by atomic mass is 19.1. The Balaban J connectivity index is 2.60. The Hall–Kier alpha value is -2.42. The first-order chi connectivity index (χ1) is 9.67. The molecule has 20 heavy (non-hydrogen) atoms. The number of allylic oxidation sites excluding steroid dienone is 1. The Morgan fingerprint density at radius 3 is 2.65 bits per heavy atom. The standard InChI is InChI=1S/C17H15FO2/c1-12-15(7-4-8-17(12)18)16(9-10-19)13-5-3-6-14(11-13)20-2/h3-11H,1-2H3/b16-9-. The largest absolute Gasteiger partial charge is 0.497 e. The summed E-state index contributed by atoms with van der Waals surface area (Å²) in [6.45, 7) is 1.70. The number of hydrogen-bond acceptors (Lipinski definition) is 2. The topological polar surface area (TPSA) is 26.3 Å². The molecule has 2 aromatic carbocycles. The second-order valence-electron chi connectivity index (χ2n) is 4.36. The number of ether oxygens (including phenoxy) is 1. The predicted molar refractivity (Wildman–Crippen MR) is 77.3 cm³/mol. The van der Waals surface area contributed by atoms with E-state index in [9.17, 15) is 9.18 Å². The molecule has 0 N–H and O–H groups in total. The van der Waals surface area contributed by atoms with Crippen molar-refractivity contribution < 1.29 is 13.9 Å². The van der Waals surface area contributed by atoms with Crippen LogP contribution in [0.4, 0.5) is 4.39 Å². The van der Waals surface area contributed by atoms with Crippen LogP contribution in [0.2, 0.25) is 0 Å². The third-order valence-corrected chi connectivity index (χ3v) is 3.17. The van der Waals surface area contributed by atoms with Gasteiger partial charge in [0.05, 0.1) is 7.11 Å². The van der Waals surface area contributed by atoms with Crippen molar-refractivity contribution in [3.05, 3.63) is 71.0 Å². The van der Waals surface area contributed by atoms with Gasteiger partial charge in [0.15, 0.2) is 0 Å². The summed E-state index contributed by atoms with van der Waals surface area (Å²) in [5, 5.41) is 0. The summed E-state index contributed by atoms with van der Waals surface area (Å²) >= 11 is 0. The molecule has 3 heteroatoms. The summed E-state index contributed by atoms with van der Waals surface area (Å²) in [7, 11) is 1.58. The van der Waals surface area contributed by atoms with Gasteiger partial charge in [0, 0.05) is 0 Å². The number of carbonyl (C=O) groups is 1. The van der Waals surface area contributed by atoms with Crippen LogP contribution in [0.5, 0.6) is 5.75 Å². The van der Waals surface area contributed by atoms with Crippen molar-refractivity contribution in [2.24, 2.45) is 0 Å². The molecule has 0 heterocycles. The van der Waals surface area contributed by atoms with E-state index in [4.69, 9.17) is 4.74 Å². The first-order valence-corrected chi connectivity index (χ1v) is 6.22. The fourth-order valence-corrected chi connectivity index (χ4v) is 2.10. The molecule has 2 aromatic rings. The highest BCUT2D eigenvalue weighted by Crippen LogP contribution is 2.29. The SMILES string of the molecule is COc1cccc(/C(=C/C=O)c2cccc(F)c2C)c1. The number of rotatable bonds is 4. The van der Waals surface area contributed by atoms with E-state index in [1.165, 1.54) is 12.1 Å². The van der Waals surface area contributed by atoms with Gasteiger partial charge in [-0.15, -0.1) is 0 Å². The lowest BCUT2D eigenvalue weighted by atomic mass is 9.94. The molecule has 0 aliphatic rings. The van der Waals surface area contributed by atoms with Gasteiger partial charge in [-0.05, 0) is 53.5 Å². The first-order valence-electron chi connectivity index (χ1n) is 6.22. The summed E-state index contributed by atoms with van der Waals surface area (Å²) in [5.74, 6) is 0.399. The number of aldehydes is 1. The molecule has 102 valence electrons. The number of halogens is 1. The summed E-state index contributed by atoms with van der Waals surface area (Å²) in [6.07, 6.45) is 2.15. The van der Waals surface area contributed by atoms with Crippen LogP contribution in [-0.4, -0.2) is 13.4 Å². The van der Waals surface area contributed by atoms with Crippen LogP contribution >= 0.6 is 0 Å². The number of methoxy groups -OCH3 is 1. The van der Waals surface area contributed by atoms with Crippen LogP contribution in [-0.2, 0) is 4.79 Å². The Labute approximate surface area is 117 Å². The van der Waals surface area contributed by atoms with Crippen LogP contribution in [0, 0.1) is 12.7 Å². The van der Waals surface area contributed by atoms with Crippen LogP contribution in [0.25, 0.3) is 5.57 Å². The molecule has 0 saturated carbocycles. The van der Waals surface area contributed by atoms with Crippen molar-refractivity contribution in [2.45, 2.75) is 6.92 Å². The maximum Gasteiger partial charge on any atom is 0.143 e. The molecule has 0 atom stereocenters. The molecule has 0 aromatic heterocycles. The van der Waals surface area contributed by atoms with Crippen molar-refractivity contribution >= 4 is 11.9 Å².